The fraction of sp³-hybridized carbons (Fsp3) is 0.462. The molecular formula is C13H18Cl2N2O2. The van der Waals surface area contributed by atoms with Gasteiger partial charge in [0.2, 0.25) is 5.91 Å². The van der Waals surface area contributed by atoms with Gasteiger partial charge < -0.3 is 15.0 Å². The number of hydrogen-bond acceptors (Lipinski definition) is 3. The van der Waals surface area contributed by atoms with Crippen molar-refractivity contribution in [2.45, 2.75) is 6.42 Å². The van der Waals surface area contributed by atoms with Crippen molar-refractivity contribution >= 4 is 29.1 Å². The van der Waals surface area contributed by atoms with Gasteiger partial charge >= 0.3 is 0 Å². The second-order valence-corrected chi connectivity index (χ2v) is 5.25. The molecule has 0 atom stereocenters. The molecule has 0 aliphatic rings. The number of methoxy groups -OCH3 is 1. The highest BCUT2D eigenvalue weighted by Gasteiger charge is 2.13. The van der Waals surface area contributed by atoms with Gasteiger partial charge in [0.15, 0.2) is 0 Å². The molecule has 0 spiro atoms. The maximum atomic E-state index is 11.8. The fourth-order valence-corrected chi connectivity index (χ4v) is 2.24. The number of benzene rings is 1. The molecule has 6 heteroatoms. The molecule has 1 amide bonds. The van der Waals surface area contributed by atoms with Crippen molar-refractivity contribution in [3.8, 4) is 5.75 Å². The Kier molecular flexibility index (Phi) is 6.42. The van der Waals surface area contributed by atoms with Crippen molar-refractivity contribution in [2.24, 2.45) is 0 Å². The summed E-state index contributed by atoms with van der Waals surface area (Å²) >= 11 is 11.9. The number of nitrogens with zero attached hydrogens (tertiary/aromatic N) is 1. The number of carbonyl (C=O) groups is 1. The highest BCUT2D eigenvalue weighted by Crippen LogP contribution is 2.32. The largest absolute Gasteiger partial charge is 0.495 e. The number of hydrogen-bond donors (Lipinski definition) is 1. The van der Waals surface area contributed by atoms with E-state index >= 15 is 0 Å². The Morgan fingerprint density at radius 2 is 2.05 bits per heavy atom. The number of carbonyl (C=O) groups excluding carboxylic acids is 1. The van der Waals surface area contributed by atoms with Crippen LogP contribution >= 0.6 is 23.2 Å². The number of ether oxygens (including phenoxy) is 1. The summed E-state index contributed by atoms with van der Waals surface area (Å²) in [5.41, 5.74) is 0.683. The molecule has 0 saturated carbocycles. The van der Waals surface area contributed by atoms with Gasteiger partial charge in [0.05, 0.1) is 18.6 Å². The number of likely N-dealkylation sites (N-methyl/N-ethyl adjacent to an activating group) is 1. The SMILES string of the molecule is COc1c(Cl)cc(Cl)cc1CC(=O)NCCN(C)C. The monoisotopic (exact) mass is 304 g/mol. The van der Waals surface area contributed by atoms with Crippen molar-refractivity contribution in [1.29, 1.82) is 0 Å². The van der Waals surface area contributed by atoms with Crippen molar-refractivity contribution < 1.29 is 9.53 Å². The lowest BCUT2D eigenvalue weighted by molar-refractivity contribution is -0.120. The second kappa shape index (κ2) is 7.58. The average molecular weight is 305 g/mol. The Labute approximate surface area is 123 Å². The molecule has 1 aromatic rings. The van der Waals surface area contributed by atoms with E-state index in [4.69, 9.17) is 27.9 Å². The smallest absolute Gasteiger partial charge is 0.224 e. The van der Waals surface area contributed by atoms with E-state index in [9.17, 15) is 4.79 Å². The third-order valence-corrected chi connectivity index (χ3v) is 3.02. The van der Waals surface area contributed by atoms with Gasteiger partial charge in [-0.25, -0.2) is 0 Å². The van der Waals surface area contributed by atoms with Crippen molar-refractivity contribution in [3.05, 3.63) is 27.7 Å². The molecule has 0 aliphatic carbocycles. The van der Waals surface area contributed by atoms with Crippen LogP contribution in [0.5, 0.6) is 5.75 Å². The molecule has 0 aromatic heterocycles. The molecule has 0 unspecified atom stereocenters. The zero-order chi connectivity index (χ0) is 14.4. The van der Waals surface area contributed by atoms with E-state index in [1.165, 1.54) is 7.11 Å². The highest BCUT2D eigenvalue weighted by molar-refractivity contribution is 6.35. The molecule has 0 bridgehead atoms. The van der Waals surface area contributed by atoms with Gasteiger partial charge in [-0.05, 0) is 26.2 Å². The zero-order valence-electron chi connectivity index (χ0n) is 11.3. The lowest BCUT2D eigenvalue weighted by atomic mass is 10.1. The second-order valence-electron chi connectivity index (χ2n) is 4.41. The van der Waals surface area contributed by atoms with Crippen LogP contribution in [0.4, 0.5) is 0 Å². The predicted molar refractivity (Wildman–Crippen MR) is 78.3 cm³/mol. The van der Waals surface area contributed by atoms with Crippen molar-refractivity contribution in [2.75, 3.05) is 34.3 Å². The molecule has 1 rings (SSSR count). The molecule has 1 aromatic carbocycles. The maximum absolute atomic E-state index is 11.8. The third kappa shape index (κ3) is 5.27. The van der Waals surface area contributed by atoms with Gasteiger partial charge in [-0.1, -0.05) is 23.2 Å². The molecule has 0 aliphatic heterocycles. The Hall–Kier alpha value is -0.970. The Morgan fingerprint density at radius 3 is 2.63 bits per heavy atom. The Balaban J connectivity index is 2.68. The molecule has 0 heterocycles. The average Bonchev–Trinajstić information content (AvgIpc) is 2.27. The quantitative estimate of drug-likeness (QED) is 0.876. The van der Waals surface area contributed by atoms with Crippen LogP contribution in [-0.2, 0) is 11.2 Å². The van der Waals surface area contributed by atoms with Gasteiger partial charge in [-0.2, -0.15) is 0 Å². The topological polar surface area (TPSA) is 41.6 Å². The summed E-state index contributed by atoms with van der Waals surface area (Å²) in [7, 11) is 5.42. The van der Waals surface area contributed by atoms with Gasteiger partial charge in [0.1, 0.15) is 5.75 Å². The number of rotatable bonds is 6. The molecule has 19 heavy (non-hydrogen) atoms. The number of nitrogens with one attached hydrogen (secondary N) is 1. The van der Waals surface area contributed by atoms with E-state index in [1.807, 2.05) is 19.0 Å². The van der Waals surface area contributed by atoms with Crippen LogP contribution in [0.15, 0.2) is 12.1 Å². The lowest BCUT2D eigenvalue weighted by Crippen LogP contribution is -2.32. The first-order valence-electron chi connectivity index (χ1n) is 5.87. The summed E-state index contributed by atoms with van der Waals surface area (Å²) < 4.78 is 5.20. The molecule has 4 nitrogen and oxygen atoms in total. The lowest BCUT2D eigenvalue weighted by Gasteiger charge is -2.13. The van der Waals surface area contributed by atoms with Gasteiger partial charge in [0, 0.05) is 23.7 Å². The summed E-state index contributed by atoms with van der Waals surface area (Å²) in [5, 5.41) is 3.73. The van der Waals surface area contributed by atoms with Crippen LogP contribution in [0, 0.1) is 0 Å². The molecule has 0 saturated heterocycles. The van der Waals surface area contributed by atoms with Crippen LogP contribution in [0.2, 0.25) is 10.0 Å². The minimum Gasteiger partial charge on any atom is -0.495 e. The Bertz CT molecular complexity index is 451. The first-order valence-corrected chi connectivity index (χ1v) is 6.63. The van der Waals surface area contributed by atoms with Crippen molar-refractivity contribution in [3.63, 3.8) is 0 Å². The van der Waals surface area contributed by atoms with Crippen LogP contribution in [-0.4, -0.2) is 45.1 Å². The molecule has 106 valence electrons. The minimum absolute atomic E-state index is 0.0847. The molecule has 0 fully saturated rings. The number of halogens is 2. The fourth-order valence-electron chi connectivity index (χ4n) is 1.63. The van der Waals surface area contributed by atoms with E-state index in [0.717, 1.165) is 6.54 Å². The highest BCUT2D eigenvalue weighted by atomic mass is 35.5. The summed E-state index contributed by atoms with van der Waals surface area (Å²) in [5.74, 6) is 0.410. The maximum Gasteiger partial charge on any atom is 0.224 e. The van der Waals surface area contributed by atoms with Crippen LogP contribution in [0.1, 0.15) is 5.56 Å². The molecular weight excluding hydrogens is 287 g/mol. The standard InChI is InChI=1S/C13H18Cl2N2O2/c1-17(2)5-4-16-12(18)7-9-6-10(14)8-11(15)13(9)19-3/h6,8H,4-5,7H2,1-3H3,(H,16,18). The Morgan fingerprint density at radius 1 is 1.37 bits per heavy atom. The summed E-state index contributed by atoms with van der Waals surface area (Å²) in [6, 6.07) is 3.28. The van der Waals surface area contributed by atoms with Crippen LogP contribution in [0.25, 0.3) is 0 Å². The van der Waals surface area contributed by atoms with E-state index in [-0.39, 0.29) is 12.3 Å². The van der Waals surface area contributed by atoms with E-state index in [0.29, 0.717) is 27.9 Å². The third-order valence-electron chi connectivity index (χ3n) is 2.52. The molecule has 0 radical (unpaired) electrons. The summed E-state index contributed by atoms with van der Waals surface area (Å²) in [6.45, 7) is 1.39. The normalized spacial score (nSPS) is 10.6. The van der Waals surface area contributed by atoms with Gasteiger partial charge in [0.25, 0.3) is 0 Å². The first-order chi connectivity index (χ1) is 8.93. The predicted octanol–water partition coefficient (Wildman–Crippen LogP) is 2.22. The molecule has 1 N–H and O–H groups in total. The van der Waals surface area contributed by atoms with Crippen molar-refractivity contribution in [1.82, 2.24) is 10.2 Å². The van der Waals surface area contributed by atoms with Gasteiger partial charge in [-0.3, -0.25) is 4.79 Å². The first kappa shape index (κ1) is 16.1. The summed E-state index contributed by atoms with van der Waals surface area (Å²) in [6.07, 6.45) is 0.191. The summed E-state index contributed by atoms with van der Waals surface area (Å²) in [4.78, 5) is 13.8. The minimum atomic E-state index is -0.0847. The zero-order valence-corrected chi connectivity index (χ0v) is 12.8. The van der Waals surface area contributed by atoms with Gasteiger partial charge in [-0.15, -0.1) is 0 Å². The van der Waals surface area contributed by atoms with Crippen LogP contribution in [0.3, 0.4) is 0 Å². The van der Waals surface area contributed by atoms with E-state index < -0.39 is 0 Å². The van der Waals surface area contributed by atoms with Crippen LogP contribution < -0.4 is 10.1 Å². The number of amides is 1. The van der Waals surface area contributed by atoms with E-state index in [2.05, 4.69) is 5.32 Å². The van der Waals surface area contributed by atoms with E-state index in [1.54, 1.807) is 12.1 Å².